The first-order valence-corrected chi connectivity index (χ1v) is 13.5. The average molecular weight is 647 g/mol. The van der Waals surface area contributed by atoms with Crippen LogP contribution >= 0.6 is 22.6 Å². The predicted molar refractivity (Wildman–Crippen MR) is 165 cm³/mol. The fourth-order valence-electron chi connectivity index (χ4n) is 4.44. The lowest BCUT2D eigenvalue weighted by Crippen LogP contribution is -2.20. The SMILES string of the molecule is Nc1cccc2c(=O)n(Cc3ccc(F)cc3)ccc12.O=c1c2cccc(I)c2ccn1Cc1ccc(F)cc1. The molecule has 6 aromatic rings. The third kappa shape index (κ3) is 5.96. The molecule has 0 aliphatic carbocycles. The van der Waals surface area contributed by atoms with Gasteiger partial charge in [0.05, 0.1) is 13.1 Å². The molecule has 5 nitrogen and oxygen atoms in total. The van der Waals surface area contributed by atoms with Crippen molar-refractivity contribution in [2.75, 3.05) is 5.73 Å². The minimum atomic E-state index is -0.285. The highest BCUT2D eigenvalue weighted by Crippen LogP contribution is 2.18. The number of nitrogens with two attached hydrogens (primary N) is 1. The fourth-order valence-corrected chi connectivity index (χ4v) is 5.12. The van der Waals surface area contributed by atoms with Gasteiger partial charge < -0.3 is 14.9 Å². The van der Waals surface area contributed by atoms with E-state index in [-0.39, 0.29) is 22.8 Å². The van der Waals surface area contributed by atoms with Gasteiger partial charge in [0.1, 0.15) is 11.6 Å². The van der Waals surface area contributed by atoms with Crippen molar-refractivity contribution in [2.45, 2.75) is 13.1 Å². The maximum absolute atomic E-state index is 12.9. The Morgan fingerprint density at radius 3 is 1.55 bits per heavy atom. The van der Waals surface area contributed by atoms with E-state index in [1.165, 1.54) is 24.3 Å². The smallest absolute Gasteiger partial charge is 0.258 e. The molecule has 2 N–H and O–H groups in total. The molecule has 0 aliphatic rings. The van der Waals surface area contributed by atoms with Gasteiger partial charge in [0.2, 0.25) is 0 Å². The number of fused-ring (bicyclic) bond motifs is 2. The number of aromatic nitrogens is 2. The van der Waals surface area contributed by atoms with Crippen molar-refractivity contribution >= 4 is 49.8 Å². The molecule has 0 bridgehead atoms. The summed E-state index contributed by atoms with van der Waals surface area (Å²) in [7, 11) is 0. The van der Waals surface area contributed by atoms with Crippen LogP contribution in [0.15, 0.2) is 119 Å². The van der Waals surface area contributed by atoms with Gasteiger partial charge in [-0.1, -0.05) is 36.4 Å². The van der Waals surface area contributed by atoms with Crippen LogP contribution < -0.4 is 16.9 Å². The van der Waals surface area contributed by atoms with Crippen LogP contribution in [-0.4, -0.2) is 9.13 Å². The van der Waals surface area contributed by atoms with E-state index in [2.05, 4.69) is 22.6 Å². The molecule has 0 saturated carbocycles. The fraction of sp³-hybridized carbons (Fsp3) is 0.0625. The number of pyridine rings is 2. The summed E-state index contributed by atoms with van der Waals surface area (Å²) in [5, 5.41) is 3.03. The van der Waals surface area contributed by atoms with Gasteiger partial charge in [-0.2, -0.15) is 0 Å². The Balaban J connectivity index is 0.000000161. The highest BCUT2D eigenvalue weighted by atomic mass is 127. The summed E-state index contributed by atoms with van der Waals surface area (Å²) in [5.74, 6) is -0.554. The van der Waals surface area contributed by atoms with E-state index in [4.69, 9.17) is 5.73 Å². The molecular formula is C32H24F2IN3O2. The lowest BCUT2D eigenvalue weighted by Gasteiger charge is -2.08. The molecule has 2 aromatic heterocycles. The Morgan fingerprint density at radius 1 is 0.575 bits per heavy atom. The number of halogens is 3. The number of anilines is 1. The zero-order valence-electron chi connectivity index (χ0n) is 21.2. The minimum absolute atomic E-state index is 0.0228. The minimum Gasteiger partial charge on any atom is -0.398 e. The Morgan fingerprint density at radius 2 is 1.02 bits per heavy atom. The van der Waals surface area contributed by atoms with Crippen LogP contribution in [0, 0.1) is 15.2 Å². The molecule has 0 atom stereocenters. The van der Waals surface area contributed by atoms with Crippen LogP contribution in [-0.2, 0) is 13.1 Å². The lowest BCUT2D eigenvalue weighted by molar-refractivity contribution is 0.625. The van der Waals surface area contributed by atoms with E-state index in [9.17, 15) is 18.4 Å². The van der Waals surface area contributed by atoms with Crippen molar-refractivity contribution in [3.8, 4) is 0 Å². The first-order valence-electron chi connectivity index (χ1n) is 12.4. The van der Waals surface area contributed by atoms with Gasteiger partial charge in [-0.3, -0.25) is 9.59 Å². The first kappa shape index (κ1) is 27.3. The van der Waals surface area contributed by atoms with Crippen LogP contribution in [0.5, 0.6) is 0 Å². The molecule has 40 heavy (non-hydrogen) atoms. The molecule has 0 amide bonds. The summed E-state index contributed by atoms with van der Waals surface area (Å²) >= 11 is 2.22. The number of nitrogens with zero attached hydrogens (tertiary/aromatic N) is 2. The maximum atomic E-state index is 12.9. The van der Waals surface area contributed by atoms with Crippen LogP contribution in [0.2, 0.25) is 0 Å². The molecule has 0 radical (unpaired) electrons. The summed E-state index contributed by atoms with van der Waals surface area (Å²) in [6.45, 7) is 0.852. The van der Waals surface area contributed by atoms with Gasteiger partial charge in [-0.25, -0.2) is 8.78 Å². The second kappa shape index (κ2) is 11.8. The molecule has 0 aliphatic heterocycles. The van der Waals surface area contributed by atoms with Gasteiger partial charge in [0.25, 0.3) is 11.1 Å². The molecule has 200 valence electrons. The van der Waals surface area contributed by atoms with Gasteiger partial charge in [0.15, 0.2) is 0 Å². The molecule has 0 unspecified atom stereocenters. The van der Waals surface area contributed by atoms with Crippen molar-refractivity contribution in [3.05, 3.63) is 156 Å². The van der Waals surface area contributed by atoms with Crippen LogP contribution in [0.1, 0.15) is 11.1 Å². The van der Waals surface area contributed by atoms with E-state index >= 15 is 0 Å². The van der Waals surface area contributed by atoms with E-state index in [1.807, 2.05) is 30.3 Å². The molecule has 0 saturated heterocycles. The molecule has 0 fully saturated rings. The van der Waals surface area contributed by atoms with Crippen LogP contribution in [0.4, 0.5) is 14.5 Å². The Kier molecular flexibility index (Phi) is 8.06. The van der Waals surface area contributed by atoms with E-state index < -0.39 is 0 Å². The van der Waals surface area contributed by atoms with Gasteiger partial charge >= 0.3 is 0 Å². The Labute approximate surface area is 242 Å². The highest BCUT2D eigenvalue weighted by molar-refractivity contribution is 14.1. The zero-order valence-corrected chi connectivity index (χ0v) is 23.4. The normalized spacial score (nSPS) is 10.9. The average Bonchev–Trinajstić information content (AvgIpc) is 2.95. The molecule has 2 heterocycles. The zero-order chi connectivity index (χ0) is 28.2. The summed E-state index contributed by atoms with van der Waals surface area (Å²) < 4.78 is 30.1. The maximum Gasteiger partial charge on any atom is 0.258 e. The van der Waals surface area contributed by atoms with Gasteiger partial charge in [-0.15, -0.1) is 0 Å². The largest absolute Gasteiger partial charge is 0.398 e. The summed E-state index contributed by atoms with van der Waals surface area (Å²) in [4.78, 5) is 24.8. The van der Waals surface area contributed by atoms with Gasteiger partial charge in [0, 0.05) is 43.2 Å². The number of hydrogen-bond donors (Lipinski definition) is 1. The second-order valence-electron chi connectivity index (χ2n) is 9.26. The van der Waals surface area contributed by atoms with E-state index in [1.54, 1.807) is 64.0 Å². The molecule has 8 heteroatoms. The quantitative estimate of drug-likeness (QED) is 0.174. The third-order valence-corrected chi connectivity index (χ3v) is 7.49. The standard InChI is InChI=1S/C16H11FINO.C16H13FN2O/c2*17-12-6-4-11(5-7-12)10-19-9-8-13-14(16(19)20)2-1-3-15(13)18/h1-9H,10H2;1-9H,10,18H2. The van der Waals surface area contributed by atoms with Crippen molar-refractivity contribution in [3.63, 3.8) is 0 Å². The second-order valence-corrected chi connectivity index (χ2v) is 10.4. The lowest BCUT2D eigenvalue weighted by atomic mass is 10.1. The topological polar surface area (TPSA) is 70.0 Å². The molecule has 6 rings (SSSR count). The van der Waals surface area contributed by atoms with Crippen molar-refractivity contribution in [1.82, 2.24) is 9.13 Å². The number of benzene rings is 4. The van der Waals surface area contributed by atoms with Gasteiger partial charge in [-0.05, 0) is 94.4 Å². The van der Waals surface area contributed by atoms with Crippen molar-refractivity contribution in [2.24, 2.45) is 0 Å². The Hall–Kier alpha value is -4.31. The van der Waals surface area contributed by atoms with E-state index in [0.717, 1.165) is 25.5 Å². The molecule has 4 aromatic carbocycles. The monoisotopic (exact) mass is 647 g/mol. The first-order chi connectivity index (χ1) is 19.3. The number of hydrogen-bond acceptors (Lipinski definition) is 3. The summed E-state index contributed by atoms with van der Waals surface area (Å²) in [5.41, 5.74) is 8.10. The summed E-state index contributed by atoms with van der Waals surface area (Å²) in [6, 6.07) is 27.1. The van der Waals surface area contributed by atoms with Crippen molar-refractivity contribution in [1.29, 1.82) is 0 Å². The third-order valence-electron chi connectivity index (χ3n) is 6.55. The predicted octanol–water partition coefficient (Wildman–Crippen LogP) is 6.56. The summed E-state index contributed by atoms with van der Waals surface area (Å²) in [6.07, 6.45) is 3.50. The number of rotatable bonds is 4. The number of nitrogen functional groups attached to an aromatic ring is 1. The van der Waals surface area contributed by atoms with Crippen LogP contribution in [0.3, 0.4) is 0 Å². The van der Waals surface area contributed by atoms with Crippen LogP contribution in [0.25, 0.3) is 21.5 Å². The van der Waals surface area contributed by atoms with E-state index in [0.29, 0.717) is 29.5 Å². The van der Waals surface area contributed by atoms with Crippen molar-refractivity contribution < 1.29 is 8.78 Å². The Bertz CT molecular complexity index is 1790. The molecular weight excluding hydrogens is 623 g/mol. The highest BCUT2D eigenvalue weighted by Gasteiger charge is 2.07. The molecule has 0 spiro atoms.